The number of hydrogen-bond donors (Lipinski definition) is 2. The van der Waals surface area contributed by atoms with Crippen molar-refractivity contribution in [3.8, 4) is 0 Å². The Morgan fingerprint density at radius 3 is 2.13 bits per heavy atom. The normalized spacial score (nSPS) is 42.5. The van der Waals surface area contributed by atoms with Gasteiger partial charge >= 0.3 is 0 Å². The van der Waals surface area contributed by atoms with E-state index in [9.17, 15) is 9.90 Å². The zero-order valence-corrected chi connectivity index (χ0v) is 14.1. The molecule has 5 rings (SSSR count). The second-order valence-corrected chi connectivity index (χ2v) is 8.98. The van der Waals surface area contributed by atoms with Crippen LogP contribution in [0.3, 0.4) is 0 Å². The molecular formula is C20H27NO2. The van der Waals surface area contributed by atoms with Crippen molar-refractivity contribution in [2.24, 2.45) is 22.7 Å². The molecule has 3 heteroatoms. The van der Waals surface area contributed by atoms with Gasteiger partial charge in [0.25, 0.3) is 5.91 Å². The molecule has 4 aliphatic carbocycles. The molecule has 4 bridgehead atoms. The minimum absolute atomic E-state index is 0.232. The van der Waals surface area contributed by atoms with E-state index in [-0.39, 0.29) is 11.9 Å². The maximum Gasteiger partial charge on any atom is 0.253 e. The molecule has 0 saturated heterocycles. The van der Waals surface area contributed by atoms with Gasteiger partial charge in [-0.2, -0.15) is 0 Å². The van der Waals surface area contributed by atoms with Gasteiger partial charge in [0.1, 0.15) is 0 Å². The van der Waals surface area contributed by atoms with E-state index >= 15 is 0 Å². The summed E-state index contributed by atoms with van der Waals surface area (Å²) in [6.45, 7) is 4.86. The van der Waals surface area contributed by atoms with E-state index < -0.39 is 6.10 Å². The predicted molar refractivity (Wildman–Crippen MR) is 89.6 cm³/mol. The minimum Gasteiger partial charge on any atom is -0.378 e. The zero-order chi connectivity index (χ0) is 16.2. The summed E-state index contributed by atoms with van der Waals surface area (Å²) in [7, 11) is 0. The van der Waals surface area contributed by atoms with Gasteiger partial charge in [-0.25, -0.2) is 0 Å². The van der Waals surface area contributed by atoms with Crippen LogP contribution < -0.4 is 5.32 Å². The third-order valence-corrected chi connectivity index (χ3v) is 6.56. The Balaban J connectivity index is 1.49. The Hall–Kier alpha value is -1.35. The largest absolute Gasteiger partial charge is 0.378 e. The van der Waals surface area contributed by atoms with Crippen molar-refractivity contribution in [3.05, 3.63) is 35.9 Å². The van der Waals surface area contributed by atoms with E-state index in [4.69, 9.17) is 0 Å². The van der Waals surface area contributed by atoms with Crippen LogP contribution in [0.5, 0.6) is 0 Å². The first-order chi connectivity index (χ1) is 10.9. The number of nitrogens with one attached hydrogen (secondary N) is 1. The molecule has 0 aromatic heterocycles. The number of carbonyl (C=O) groups excluding carboxylic acids is 1. The quantitative estimate of drug-likeness (QED) is 0.898. The summed E-state index contributed by atoms with van der Waals surface area (Å²) in [5.41, 5.74) is 1.62. The topological polar surface area (TPSA) is 49.3 Å². The zero-order valence-electron chi connectivity index (χ0n) is 14.1. The number of rotatable bonds is 3. The second kappa shape index (κ2) is 5.07. The maximum absolute atomic E-state index is 12.5. The van der Waals surface area contributed by atoms with Crippen molar-refractivity contribution >= 4 is 5.91 Å². The van der Waals surface area contributed by atoms with Gasteiger partial charge in [0.05, 0.1) is 0 Å². The third-order valence-electron chi connectivity index (χ3n) is 6.56. The molecule has 1 unspecified atom stereocenters. The van der Waals surface area contributed by atoms with Crippen molar-refractivity contribution in [2.75, 3.05) is 0 Å². The highest BCUT2D eigenvalue weighted by Gasteiger charge is 2.58. The van der Waals surface area contributed by atoms with Crippen LogP contribution in [-0.2, 0) is 4.79 Å². The van der Waals surface area contributed by atoms with E-state index in [0.29, 0.717) is 28.2 Å². The summed E-state index contributed by atoms with van der Waals surface area (Å²) in [4.78, 5) is 12.5. The van der Waals surface area contributed by atoms with Crippen molar-refractivity contribution in [1.29, 1.82) is 0 Å². The van der Waals surface area contributed by atoms with Crippen LogP contribution in [0, 0.1) is 22.7 Å². The SMILES string of the molecule is CC12CC3CC(C)(CC(C1)C3NC(=O)C(O)c1ccccc1)C2. The lowest BCUT2D eigenvalue weighted by molar-refractivity contribution is -0.141. The average Bonchev–Trinajstić information content (AvgIpc) is 2.48. The molecule has 23 heavy (non-hydrogen) atoms. The van der Waals surface area contributed by atoms with Crippen LogP contribution in [0.2, 0.25) is 0 Å². The molecular weight excluding hydrogens is 286 g/mol. The van der Waals surface area contributed by atoms with Gasteiger partial charge in [-0.3, -0.25) is 4.79 Å². The number of benzene rings is 1. The fourth-order valence-corrected chi connectivity index (χ4v) is 6.32. The Labute approximate surface area is 138 Å². The third kappa shape index (κ3) is 2.59. The van der Waals surface area contributed by atoms with E-state index in [0.717, 1.165) is 0 Å². The summed E-state index contributed by atoms with van der Waals surface area (Å²) in [5, 5.41) is 13.5. The van der Waals surface area contributed by atoms with E-state index in [1.165, 1.54) is 32.1 Å². The Morgan fingerprint density at radius 2 is 1.61 bits per heavy atom. The van der Waals surface area contributed by atoms with Gasteiger partial charge in [-0.1, -0.05) is 44.2 Å². The summed E-state index contributed by atoms with van der Waals surface area (Å²) in [6.07, 6.45) is 5.20. The lowest BCUT2D eigenvalue weighted by Crippen LogP contribution is -2.61. The van der Waals surface area contributed by atoms with E-state index in [2.05, 4.69) is 19.2 Å². The highest BCUT2D eigenvalue weighted by molar-refractivity contribution is 5.82. The first-order valence-corrected chi connectivity index (χ1v) is 8.91. The Bertz CT molecular complexity index is 575. The molecule has 1 aromatic carbocycles. The van der Waals surface area contributed by atoms with Gasteiger partial charge in [0, 0.05) is 6.04 Å². The number of aliphatic hydroxyl groups is 1. The van der Waals surface area contributed by atoms with Crippen LogP contribution >= 0.6 is 0 Å². The first kappa shape index (κ1) is 15.2. The molecule has 4 saturated carbocycles. The highest BCUT2D eigenvalue weighted by atomic mass is 16.3. The summed E-state index contributed by atoms with van der Waals surface area (Å²) in [6, 6.07) is 9.48. The Kier molecular flexibility index (Phi) is 3.35. The van der Waals surface area contributed by atoms with Crippen LogP contribution in [0.4, 0.5) is 0 Å². The molecule has 4 fully saturated rings. The smallest absolute Gasteiger partial charge is 0.253 e. The van der Waals surface area contributed by atoms with Crippen LogP contribution in [0.25, 0.3) is 0 Å². The lowest BCUT2D eigenvalue weighted by atomic mass is 9.44. The van der Waals surface area contributed by atoms with Gasteiger partial charge in [0.2, 0.25) is 0 Å². The van der Waals surface area contributed by atoms with Gasteiger partial charge in [-0.15, -0.1) is 0 Å². The first-order valence-electron chi connectivity index (χ1n) is 8.91. The highest BCUT2D eigenvalue weighted by Crippen LogP contribution is 2.64. The van der Waals surface area contributed by atoms with Crippen molar-refractivity contribution < 1.29 is 9.90 Å². The maximum atomic E-state index is 12.5. The van der Waals surface area contributed by atoms with Gasteiger partial charge in [0.15, 0.2) is 6.10 Å². The predicted octanol–water partition coefficient (Wildman–Crippen LogP) is 3.44. The number of carbonyl (C=O) groups is 1. The molecule has 124 valence electrons. The molecule has 2 N–H and O–H groups in total. The van der Waals surface area contributed by atoms with Crippen molar-refractivity contribution in [1.82, 2.24) is 5.32 Å². The monoisotopic (exact) mass is 313 g/mol. The fraction of sp³-hybridized carbons (Fsp3) is 0.650. The minimum atomic E-state index is -1.06. The molecule has 1 amide bonds. The van der Waals surface area contributed by atoms with Gasteiger partial charge in [-0.05, 0) is 60.3 Å². The molecule has 0 radical (unpaired) electrons. The molecule has 4 aliphatic rings. The van der Waals surface area contributed by atoms with Crippen LogP contribution in [-0.4, -0.2) is 17.1 Å². The number of amides is 1. The molecule has 0 aliphatic heterocycles. The second-order valence-electron chi connectivity index (χ2n) is 8.98. The molecule has 0 spiro atoms. The van der Waals surface area contributed by atoms with Crippen LogP contribution in [0.1, 0.15) is 57.6 Å². The fourth-order valence-electron chi connectivity index (χ4n) is 6.32. The summed E-state index contributed by atoms with van der Waals surface area (Å²) in [5.74, 6) is 0.931. The summed E-state index contributed by atoms with van der Waals surface area (Å²) < 4.78 is 0. The summed E-state index contributed by atoms with van der Waals surface area (Å²) >= 11 is 0. The molecule has 1 aromatic rings. The van der Waals surface area contributed by atoms with Crippen LogP contribution in [0.15, 0.2) is 30.3 Å². The number of hydrogen-bond acceptors (Lipinski definition) is 2. The van der Waals surface area contributed by atoms with Crippen molar-refractivity contribution in [2.45, 2.75) is 58.1 Å². The van der Waals surface area contributed by atoms with E-state index in [1.54, 1.807) is 0 Å². The van der Waals surface area contributed by atoms with Gasteiger partial charge < -0.3 is 10.4 Å². The van der Waals surface area contributed by atoms with E-state index in [1.807, 2.05) is 30.3 Å². The average molecular weight is 313 g/mol. The van der Waals surface area contributed by atoms with Crippen molar-refractivity contribution in [3.63, 3.8) is 0 Å². The lowest BCUT2D eigenvalue weighted by Gasteiger charge is -2.63. The Morgan fingerprint density at radius 1 is 1.09 bits per heavy atom. The molecule has 1 atom stereocenters. The number of aliphatic hydroxyl groups excluding tert-OH is 1. The standard InChI is InChI=1S/C20H27NO2/c1-19-8-14-10-20(2,12-19)11-15(9-19)16(14)21-18(23)17(22)13-6-4-3-5-7-13/h3-7,14-17,22H,8-12H2,1-2H3,(H,21,23). The molecule has 0 heterocycles. The molecule has 3 nitrogen and oxygen atoms in total.